The Bertz CT molecular complexity index is 1080. The molecule has 0 saturated carbocycles. The van der Waals surface area contributed by atoms with Crippen LogP contribution in [0, 0.1) is 6.92 Å². The third-order valence-corrected chi connectivity index (χ3v) is 4.01. The molecule has 0 aliphatic rings. The minimum atomic E-state index is -4.39. The van der Waals surface area contributed by atoms with E-state index in [2.05, 4.69) is 9.72 Å². The third kappa shape index (κ3) is 5.41. The Morgan fingerprint density at radius 3 is 2.52 bits per heavy atom. The van der Waals surface area contributed by atoms with Gasteiger partial charge in [-0.1, -0.05) is 18.2 Å². The number of ether oxygens (including phenoxy) is 2. The fourth-order valence-corrected chi connectivity index (χ4v) is 2.68. The predicted molar refractivity (Wildman–Crippen MR) is 97.5 cm³/mol. The maximum absolute atomic E-state index is 12.2. The van der Waals surface area contributed by atoms with Crippen molar-refractivity contribution in [2.75, 3.05) is 6.61 Å². The SMILES string of the molecule is Cc1cccc2nc(COC(=O)c3ccc(COCC(F)(F)F)cc3)cc(=O)n12. The predicted octanol–water partition coefficient (Wildman–Crippen LogP) is 3.44. The summed E-state index contributed by atoms with van der Waals surface area (Å²) in [5.41, 5.74) is 1.94. The molecule has 29 heavy (non-hydrogen) atoms. The quantitative estimate of drug-likeness (QED) is 0.587. The third-order valence-electron chi connectivity index (χ3n) is 4.01. The number of hydrogen-bond donors (Lipinski definition) is 0. The number of hydrogen-bond acceptors (Lipinski definition) is 5. The molecule has 3 aromatic rings. The Morgan fingerprint density at radius 2 is 1.83 bits per heavy atom. The first kappa shape index (κ1) is 20.5. The minimum Gasteiger partial charge on any atom is -0.456 e. The summed E-state index contributed by atoms with van der Waals surface area (Å²) in [4.78, 5) is 28.7. The van der Waals surface area contributed by atoms with Gasteiger partial charge >= 0.3 is 12.1 Å². The maximum atomic E-state index is 12.2. The Kier molecular flexibility index (Phi) is 5.97. The van der Waals surface area contributed by atoms with Gasteiger partial charge in [-0.3, -0.25) is 9.20 Å². The number of pyridine rings is 1. The number of esters is 1. The van der Waals surface area contributed by atoms with Gasteiger partial charge in [0.15, 0.2) is 0 Å². The number of carbonyl (C=O) groups is 1. The van der Waals surface area contributed by atoms with Gasteiger partial charge in [0.25, 0.3) is 5.56 Å². The van der Waals surface area contributed by atoms with Crippen LogP contribution in [-0.4, -0.2) is 28.1 Å². The highest BCUT2D eigenvalue weighted by Gasteiger charge is 2.27. The van der Waals surface area contributed by atoms with E-state index in [1.807, 2.05) is 0 Å². The number of fused-ring (bicyclic) bond motifs is 1. The molecule has 1 aromatic carbocycles. The molecule has 9 heteroatoms. The van der Waals surface area contributed by atoms with Crippen molar-refractivity contribution < 1.29 is 27.4 Å². The monoisotopic (exact) mass is 406 g/mol. The van der Waals surface area contributed by atoms with Crippen molar-refractivity contribution in [3.05, 3.63) is 81.4 Å². The van der Waals surface area contributed by atoms with Gasteiger partial charge in [-0.25, -0.2) is 9.78 Å². The standard InChI is InChI=1S/C20H17F3N2O4/c1-13-3-2-4-17-24-16(9-18(26)25(13)17)11-29-19(27)15-7-5-14(6-8-15)10-28-12-20(21,22)23/h2-9H,10-12H2,1H3. The van der Waals surface area contributed by atoms with E-state index in [0.29, 0.717) is 16.9 Å². The second kappa shape index (κ2) is 8.44. The number of nitrogens with zero attached hydrogens (tertiary/aromatic N) is 2. The molecule has 2 heterocycles. The molecule has 0 radical (unpaired) electrons. The molecule has 0 bridgehead atoms. The number of aryl methyl sites for hydroxylation is 1. The molecule has 152 valence electrons. The number of benzene rings is 1. The lowest BCUT2D eigenvalue weighted by atomic mass is 10.1. The van der Waals surface area contributed by atoms with Crippen molar-refractivity contribution >= 4 is 11.6 Å². The molecule has 0 amide bonds. The van der Waals surface area contributed by atoms with Crippen LogP contribution in [0.5, 0.6) is 0 Å². The summed E-state index contributed by atoms with van der Waals surface area (Å²) in [6.07, 6.45) is -4.39. The van der Waals surface area contributed by atoms with Crippen LogP contribution in [0.15, 0.2) is 53.3 Å². The van der Waals surface area contributed by atoms with E-state index in [9.17, 15) is 22.8 Å². The Morgan fingerprint density at radius 1 is 1.10 bits per heavy atom. The van der Waals surface area contributed by atoms with Crippen LogP contribution in [0.1, 0.15) is 27.3 Å². The summed E-state index contributed by atoms with van der Waals surface area (Å²) in [6, 6.07) is 12.4. The van der Waals surface area contributed by atoms with Gasteiger partial charge in [0.2, 0.25) is 0 Å². The normalized spacial score (nSPS) is 11.6. The van der Waals surface area contributed by atoms with Crippen molar-refractivity contribution in [3.8, 4) is 0 Å². The van der Waals surface area contributed by atoms with E-state index in [0.717, 1.165) is 5.69 Å². The number of halogens is 3. The van der Waals surface area contributed by atoms with Gasteiger partial charge in [-0.2, -0.15) is 13.2 Å². The fourth-order valence-electron chi connectivity index (χ4n) is 2.68. The first-order valence-electron chi connectivity index (χ1n) is 8.62. The number of aromatic nitrogens is 2. The maximum Gasteiger partial charge on any atom is 0.411 e. The van der Waals surface area contributed by atoms with Crippen LogP contribution < -0.4 is 5.56 Å². The first-order chi connectivity index (χ1) is 13.7. The largest absolute Gasteiger partial charge is 0.456 e. The zero-order valence-electron chi connectivity index (χ0n) is 15.4. The van der Waals surface area contributed by atoms with Gasteiger partial charge in [0, 0.05) is 11.8 Å². The molecular formula is C20H17F3N2O4. The smallest absolute Gasteiger partial charge is 0.411 e. The van der Waals surface area contributed by atoms with Crippen LogP contribution in [-0.2, 0) is 22.7 Å². The molecule has 0 atom stereocenters. The second-order valence-corrected chi connectivity index (χ2v) is 6.33. The van der Waals surface area contributed by atoms with Gasteiger partial charge in [0.05, 0.1) is 17.9 Å². The van der Waals surface area contributed by atoms with Crippen molar-refractivity contribution in [2.45, 2.75) is 26.3 Å². The summed E-state index contributed by atoms with van der Waals surface area (Å²) in [5.74, 6) is -0.640. The summed E-state index contributed by atoms with van der Waals surface area (Å²) < 4.78 is 47.4. The highest BCUT2D eigenvalue weighted by atomic mass is 19.4. The van der Waals surface area contributed by atoms with Crippen LogP contribution in [0.4, 0.5) is 13.2 Å². The summed E-state index contributed by atoms with van der Waals surface area (Å²) in [6.45, 7) is 0.0385. The zero-order valence-corrected chi connectivity index (χ0v) is 15.4. The Labute approximate surface area is 163 Å². The fraction of sp³-hybridized carbons (Fsp3) is 0.250. The lowest BCUT2D eigenvalue weighted by Crippen LogP contribution is -2.18. The average molecular weight is 406 g/mol. The lowest BCUT2D eigenvalue weighted by molar-refractivity contribution is -0.176. The van der Waals surface area contributed by atoms with E-state index >= 15 is 0 Å². The van der Waals surface area contributed by atoms with Gasteiger partial charge in [-0.05, 0) is 36.8 Å². The van der Waals surface area contributed by atoms with Crippen molar-refractivity contribution in [1.29, 1.82) is 0 Å². The van der Waals surface area contributed by atoms with Crippen molar-refractivity contribution in [3.63, 3.8) is 0 Å². The van der Waals surface area contributed by atoms with Crippen LogP contribution in [0.25, 0.3) is 5.65 Å². The Balaban J connectivity index is 1.61. The molecule has 0 aliphatic carbocycles. The van der Waals surface area contributed by atoms with E-state index in [-0.39, 0.29) is 24.3 Å². The van der Waals surface area contributed by atoms with E-state index < -0.39 is 18.8 Å². The van der Waals surface area contributed by atoms with Gasteiger partial charge in [-0.15, -0.1) is 0 Å². The molecule has 0 saturated heterocycles. The van der Waals surface area contributed by atoms with Crippen LogP contribution >= 0.6 is 0 Å². The molecule has 0 N–H and O–H groups in total. The van der Waals surface area contributed by atoms with Crippen molar-refractivity contribution in [1.82, 2.24) is 9.38 Å². The minimum absolute atomic E-state index is 0.186. The molecule has 0 unspecified atom stereocenters. The number of alkyl halides is 3. The highest BCUT2D eigenvalue weighted by Crippen LogP contribution is 2.16. The summed E-state index contributed by atoms with van der Waals surface area (Å²) >= 11 is 0. The van der Waals surface area contributed by atoms with Gasteiger partial charge < -0.3 is 9.47 Å². The molecule has 6 nitrogen and oxygen atoms in total. The molecule has 0 fully saturated rings. The topological polar surface area (TPSA) is 69.9 Å². The van der Waals surface area contributed by atoms with Crippen molar-refractivity contribution in [2.24, 2.45) is 0 Å². The van der Waals surface area contributed by atoms with E-state index in [1.54, 1.807) is 25.1 Å². The number of carbonyl (C=O) groups excluding carboxylic acids is 1. The Hall–Kier alpha value is -3.20. The van der Waals surface area contributed by atoms with E-state index in [1.165, 1.54) is 34.7 Å². The summed E-state index contributed by atoms with van der Waals surface area (Å²) in [7, 11) is 0. The van der Waals surface area contributed by atoms with Gasteiger partial charge in [0.1, 0.15) is 18.9 Å². The van der Waals surface area contributed by atoms with E-state index in [4.69, 9.17) is 4.74 Å². The number of rotatable bonds is 6. The summed E-state index contributed by atoms with van der Waals surface area (Å²) in [5, 5.41) is 0. The highest BCUT2D eigenvalue weighted by molar-refractivity contribution is 5.89. The van der Waals surface area contributed by atoms with Crippen LogP contribution in [0.2, 0.25) is 0 Å². The molecule has 0 spiro atoms. The zero-order chi connectivity index (χ0) is 21.0. The lowest BCUT2D eigenvalue weighted by Gasteiger charge is -2.09. The average Bonchev–Trinajstić information content (AvgIpc) is 2.65. The molecule has 0 aliphatic heterocycles. The second-order valence-electron chi connectivity index (χ2n) is 6.33. The first-order valence-corrected chi connectivity index (χ1v) is 8.62. The van der Waals surface area contributed by atoms with Crippen LogP contribution in [0.3, 0.4) is 0 Å². The molecular weight excluding hydrogens is 389 g/mol. The molecule has 2 aromatic heterocycles. The molecule has 3 rings (SSSR count).